The average molecular weight is 626 g/mol. The molecule has 4 aromatic carbocycles. The molecule has 3 heterocycles. The fourth-order valence-corrected chi connectivity index (χ4v) is 6.19. The summed E-state index contributed by atoms with van der Waals surface area (Å²) < 4.78 is 18.4. The first-order valence-corrected chi connectivity index (χ1v) is 16.2. The number of ether oxygens (including phenoxy) is 3. The summed E-state index contributed by atoms with van der Waals surface area (Å²) >= 11 is 0. The zero-order valence-corrected chi connectivity index (χ0v) is 26.8. The summed E-state index contributed by atoms with van der Waals surface area (Å²) in [6.07, 6.45) is 0. The Bertz CT molecular complexity index is 1820. The molecule has 0 spiro atoms. The molecular formula is C40H39N3O4. The SMILES string of the molecule is CC1(C)C(=O)N(c2ccc(OCc3ccccc3)nc2OCc2ccccc2)c2ccc(N3CC(COCc4ccccc4)C3)cc21. The van der Waals surface area contributed by atoms with Gasteiger partial charge < -0.3 is 19.1 Å². The molecular weight excluding hydrogens is 586 g/mol. The first kappa shape index (κ1) is 30.5. The number of benzene rings is 4. The Morgan fingerprint density at radius 3 is 1.91 bits per heavy atom. The van der Waals surface area contributed by atoms with Crippen LogP contribution < -0.4 is 19.3 Å². The van der Waals surface area contributed by atoms with E-state index in [0.717, 1.165) is 47.8 Å². The number of aromatic nitrogens is 1. The summed E-state index contributed by atoms with van der Waals surface area (Å²) in [5, 5.41) is 0. The molecule has 1 amide bonds. The fourth-order valence-electron chi connectivity index (χ4n) is 6.19. The van der Waals surface area contributed by atoms with E-state index in [1.165, 1.54) is 5.56 Å². The number of pyridine rings is 1. The number of nitrogens with zero attached hydrogens (tertiary/aromatic N) is 3. The van der Waals surface area contributed by atoms with Gasteiger partial charge >= 0.3 is 0 Å². The lowest BCUT2D eigenvalue weighted by atomic mass is 9.85. The number of hydrogen-bond acceptors (Lipinski definition) is 6. The molecule has 1 saturated heterocycles. The van der Waals surface area contributed by atoms with Crippen molar-refractivity contribution in [3.05, 3.63) is 144 Å². The van der Waals surface area contributed by atoms with E-state index < -0.39 is 5.41 Å². The van der Waals surface area contributed by atoms with E-state index in [4.69, 9.17) is 19.2 Å². The maximum atomic E-state index is 14.1. The predicted molar refractivity (Wildman–Crippen MR) is 184 cm³/mol. The van der Waals surface area contributed by atoms with E-state index in [-0.39, 0.29) is 5.91 Å². The van der Waals surface area contributed by atoms with Crippen molar-refractivity contribution >= 4 is 23.0 Å². The second-order valence-corrected chi connectivity index (χ2v) is 12.8. The number of anilines is 3. The Balaban J connectivity index is 1.10. The van der Waals surface area contributed by atoms with Crippen LogP contribution in [-0.4, -0.2) is 30.6 Å². The highest BCUT2D eigenvalue weighted by Crippen LogP contribution is 2.49. The monoisotopic (exact) mass is 625 g/mol. The van der Waals surface area contributed by atoms with Crippen molar-refractivity contribution in [2.75, 3.05) is 29.5 Å². The van der Waals surface area contributed by atoms with Crippen molar-refractivity contribution in [1.29, 1.82) is 0 Å². The van der Waals surface area contributed by atoms with E-state index >= 15 is 0 Å². The highest BCUT2D eigenvalue weighted by Gasteiger charge is 2.46. The maximum absolute atomic E-state index is 14.1. The molecule has 2 aliphatic rings. The van der Waals surface area contributed by atoms with Gasteiger partial charge in [-0.3, -0.25) is 9.69 Å². The minimum atomic E-state index is -0.729. The van der Waals surface area contributed by atoms with Crippen LogP contribution in [0.4, 0.5) is 17.1 Å². The highest BCUT2D eigenvalue weighted by atomic mass is 16.5. The van der Waals surface area contributed by atoms with Gasteiger partial charge in [0.25, 0.3) is 0 Å². The topological polar surface area (TPSA) is 64.1 Å². The van der Waals surface area contributed by atoms with Crippen LogP contribution >= 0.6 is 0 Å². The summed E-state index contributed by atoms with van der Waals surface area (Å²) in [7, 11) is 0. The quantitative estimate of drug-likeness (QED) is 0.141. The van der Waals surface area contributed by atoms with Crippen LogP contribution in [0.2, 0.25) is 0 Å². The second kappa shape index (κ2) is 13.3. The molecule has 2 aliphatic heterocycles. The Morgan fingerprint density at radius 2 is 1.28 bits per heavy atom. The van der Waals surface area contributed by atoms with E-state index in [9.17, 15) is 4.79 Å². The Kier molecular flexibility index (Phi) is 8.64. The predicted octanol–water partition coefficient (Wildman–Crippen LogP) is 7.85. The number of rotatable bonds is 12. The fraction of sp³-hybridized carbons (Fsp3) is 0.250. The number of carbonyl (C=O) groups is 1. The minimum absolute atomic E-state index is 0.0234. The van der Waals surface area contributed by atoms with Gasteiger partial charge in [0.15, 0.2) is 0 Å². The average Bonchev–Trinajstić information content (AvgIpc) is 3.29. The highest BCUT2D eigenvalue weighted by molar-refractivity contribution is 6.13. The van der Waals surface area contributed by atoms with Crippen molar-refractivity contribution in [3.63, 3.8) is 0 Å². The standard InChI is InChI=1S/C40H39N3O4/c1-40(2)34-22-33(42-23-32(24-42)26-45-25-29-12-6-3-7-13-29)18-19-35(34)43(39(40)44)36-20-21-37(46-27-30-14-8-4-9-15-30)41-38(36)47-28-31-16-10-5-11-17-31/h3-22,32H,23-28H2,1-2H3. The number of carbonyl (C=O) groups excluding carboxylic acids is 1. The number of fused-ring (bicyclic) bond motifs is 1. The third-order valence-electron chi connectivity index (χ3n) is 8.92. The molecule has 0 radical (unpaired) electrons. The largest absolute Gasteiger partial charge is 0.473 e. The van der Waals surface area contributed by atoms with Crippen LogP contribution in [0.1, 0.15) is 36.1 Å². The zero-order valence-electron chi connectivity index (χ0n) is 26.8. The second-order valence-electron chi connectivity index (χ2n) is 12.8. The third-order valence-corrected chi connectivity index (χ3v) is 8.92. The van der Waals surface area contributed by atoms with Gasteiger partial charge in [-0.15, -0.1) is 0 Å². The Hall–Kier alpha value is -5.14. The summed E-state index contributed by atoms with van der Waals surface area (Å²) in [6, 6.07) is 40.2. The molecule has 5 aromatic rings. The van der Waals surface area contributed by atoms with Crippen molar-refractivity contribution in [3.8, 4) is 11.8 Å². The number of hydrogen-bond donors (Lipinski definition) is 0. The van der Waals surface area contributed by atoms with Crippen molar-refractivity contribution in [2.45, 2.75) is 39.1 Å². The molecule has 0 saturated carbocycles. The molecule has 7 rings (SSSR count). The Labute approximate surface area is 276 Å². The van der Waals surface area contributed by atoms with Gasteiger partial charge in [-0.2, -0.15) is 4.98 Å². The summed E-state index contributed by atoms with van der Waals surface area (Å²) in [6.45, 7) is 7.89. The van der Waals surface area contributed by atoms with Gasteiger partial charge in [-0.25, -0.2) is 0 Å². The Morgan fingerprint density at radius 1 is 0.702 bits per heavy atom. The van der Waals surface area contributed by atoms with Gasteiger partial charge in [0, 0.05) is 30.8 Å². The van der Waals surface area contributed by atoms with Gasteiger partial charge in [0.05, 0.1) is 24.3 Å². The molecule has 7 nitrogen and oxygen atoms in total. The molecule has 0 bridgehead atoms. The van der Waals surface area contributed by atoms with E-state index in [1.54, 1.807) is 11.0 Å². The molecule has 0 atom stereocenters. The van der Waals surface area contributed by atoms with E-state index in [1.807, 2.05) is 98.8 Å². The molecule has 0 unspecified atom stereocenters. The van der Waals surface area contributed by atoms with Crippen LogP contribution in [0.3, 0.4) is 0 Å². The lowest BCUT2D eigenvalue weighted by molar-refractivity contribution is -0.121. The van der Waals surface area contributed by atoms with Gasteiger partial charge in [-0.1, -0.05) is 91.0 Å². The smallest absolute Gasteiger partial charge is 0.242 e. The lowest BCUT2D eigenvalue weighted by Crippen LogP contribution is -2.48. The first-order chi connectivity index (χ1) is 23.0. The minimum Gasteiger partial charge on any atom is -0.473 e. The van der Waals surface area contributed by atoms with Crippen LogP contribution in [0.15, 0.2) is 121 Å². The van der Waals surface area contributed by atoms with Crippen molar-refractivity contribution in [2.24, 2.45) is 5.92 Å². The van der Waals surface area contributed by atoms with E-state index in [2.05, 4.69) is 35.2 Å². The molecule has 1 aromatic heterocycles. The number of amides is 1. The zero-order chi connectivity index (χ0) is 32.2. The van der Waals surface area contributed by atoms with Gasteiger partial charge in [0.1, 0.15) is 18.9 Å². The van der Waals surface area contributed by atoms with Crippen molar-refractivity contribution < 1.29 is 19.0 Å². The molecule has 0 aliphatic carbocycles. The van der Waals surface area contributed by atoms with Crippen molar-refractivity contribution in [1.82, 2.24) is 4.98 Å². The molecule has 0 N–H and O–H groups in total. The van der Waals surface area contributed by atoms with Crippen LogP contribution in [0, 0.1) is 5.92 Å². The summed E-state index contributed by atoms with van der Waals surface area (Å²) in [5.74, 6) is 1.24. The van der Waals surface area contributed by atoms with Crippen LogP contribution in [0.25, 0.3) is 0 Å². The first-order valence-electron chi connectivity index (χ1n) is 16.2. The summed E-state index contributed by atoms with van der Waals surface area (Å²) in [4.78, 5) is 23.0. The van der Waals surface area contributed by atoms with E-state index in [0.29, 0.717) is 43.2 Å². The van der Waals surface area contributed by atoms with Gasteiger partial charge in [0.2, 0.25) is 17.7 Å². The normalized spacial score (nSPS) is 15.3. The van der Waals surface area contributed by atoms with Crippen LogP contribution in [-0.2, 0) is 34.8 Å². The maximum Gasteiger partial charge on any atom is 0.242 e. The van der Waals surface area contributed by atoms with Crippen LogP contribution in [0.5, 0.6) is 11.8 Å². The molecule has 1 fully saturated rings. The third kappa shape index (κ3) is 6.58. The molecule has 238 valence electrons. The molecule has 7 heteroatoms. The summed E-state index contributed by atoms with van der Waals surface area (Å²) in [5.41, 5.74) is 6.06. The van der Waals surface area contributed by atoms with Gasteiger partial charge in [-0.05, 0) is 60.4 Å². The lowest BCUT2D eigenvalue weighted by Gasteiger charge is -2.41. The molecule has 47 heavy (non-hydrogen) atoms.